The van der Waals surface area contributed by atoms with Gasteiger partial charge >= 0.3 is 0 Å². The zero-order valence-electron chi connectivity index (χ0n) is 16.1. The largest absolute Gasteiger partial charge is 0.356 e. The van der Waals surface area contributed by atoms with Gasteiger partial charge in [0, 0.05) is 34.8 Å². The van der Waals surface area contributed by atoms with E-state index in [9.17, 15) is 0 Å². The molecule has 0 unspecified atom stereocenters. The quantitative estimate of drug-likeness (QED) is 0.491. The summed E-state index contributed by atoms with van der Waals surface area (Å²) in [7, 11) is 0. The summed E-state index contributed by atoms with van der Waals surface area (Å²) in [5.41, 5.74) is 13.7. The Kier molecular flexibility index (Phi) is 6.12. The highest BCUT2D eigenvalue weighted by Gasteiger charge is 2.18. The number of nitrogens with two attached hydrogens (primary N) is 1. The maximum Gasteiger partial charge on any atom is 0.167 e. The monoisotopic (exact) mass is 393 g/mol. The van der Waals surface area contributed by atoms with Gasteiger partial charge in [-0.15, -0.1) is 12.4 Å². The average Bonchev–Trinajstić information content (AvgIpc) is 3.13. The van der Waals surface area contributed by atoms with Crippen LogP contribution in [0, 0.1) is 6.92 Å². The van der Waals surface area contributed by atoms with E-state index in [1.54, 1.807) is 0 Å². The van der Waals surface area contributed by atoms with Crippen molar-refractivity contribution in [3.8, 4) is 11.3 Å². The molecule has 0 radical (unpaired) electrons. The first kappa shape index (κ1) is 20.1. The van der Waals surface area contributed by atoms with E-state index >= 15 is 0 Å². The molecule has 144 valence electrons. The van der Waals surface area contributed by atoms with Gasteiger partial charge in [0.1, 0.15) is 5.69 Å². The number of aryl methyl sites for hydroxylation is 2. The van der Waals surface area contributed by atoms with E-state index in [4.69, 9.17) is 15.2 Å². The highest BCUT2D eigenvalue weighted by molar-refractivity contribution is 5.92. The Labute approximate surface area is 171 Å². The van der Waals surface area contributed by atoms with Gasteiger partial charge in [-0.25, -0.2) is 0 Å². The summed E-state index contributed by atoms with van der Waals surface area (Å²) in [6.45, 7) is 4.21. The standard InChI is InChI=1S/C23H23N3O.ClH/c1-3-16-13-12-15(2)21(25-16)14-20(24)17-8-4-5-9-18(17)23-19-10-6-7-11-22(19)27-26-23;/h4-13,20H,3,14,24H2,1-2H3;1H/t20-;/m0./s1. The number of hydrogen-bond donors (Lipinski definition) is 1. The molecule has 0 aliphatic heterocycles. The maximum absolute atomic E-state index is 6.64. The third kappa shape index (κ3) is 3.79. The molecule has 1 atom stereocenters. The molecule has 2 heterocycles. The molecule has 0 aliphatic carbocycles. The Hall–Kier alpha value is -2.69. The van der Waals surface area contributed by atoms with Crippen LogP contribution in [0.25, 0.3) is 22.2 Å². The van der Waals surface area contributed by atoms with Gasteiger partial charge in [0.05, 0.1) is 0 Å². The van der Waals surface area contributed by atoms with Crippen molar-refractivity contribution in [2.75, 3.05) is 0 Å². The minimum absolute atomic E-state index is 0. The summed E-state index contributed by atoms with van der Waals surface area (Å²) < 4.78 is 5.50. The lowest BCUT2D eigenvalue weighted by atomic mass is 9.93. The molecule has 2 aromatic carbocycles. The van der Waals surface area contributed by atoms with Crippen molar-refractivity contribution in [1.29, 1.82) is 0 Å². The van der Waals surface area contributed by atoms with E-state index in [2.05, 4.69) is 43.3 Å². The smallest absolute Gasteiger partial charge is 0.167 e. The number of halogens is 1. The fraction of sp³-hybridized carbons (Fsp3) is 0.217. The van der Waals surface area contributed by atoms with Crippen molar-refractivity contribution >= 4 is 23.4 Å². The molecule has 4 nitrogen and oxygen atoms in total. The summed E-state index contributed by atoms with van der Waals surface area (Å²) in [6.07, 6.45) is 1.61. The third-order valence-corrected chi connectivity index (χ3v) is 5.03. The molecule has 0 fully saturated rings. The molecule has 0 bridgehead atoms. The Morgan fingerprint density at radius 3 is 2.57 bits per heavy atom. The van der Waals surface area contributed by atoms with E-state index in [0.717, 1.165) is 45.6 Å². The van der Waals surface area contributed by atoms with Crippen LogP contribution in [0.1, 0.15) is 35.5 Å². The number of nitrogens with zero attached hydrogens (tertiary/aromatic N) is 2. The van der Waals surface area contributed by atoms with Crippen LogP contribution in [0.15, 0.2) is 65.2 Å². The molecule has 0 spiro atoms. The van der Waals surface area contributed by atoms with Crippen LogP contribution in [0.2, 0.25) is 0 Å². The zero-order valence-corrected chi connectivity index (χ0v) is 16.9. The second kappa shape index (κ2) is 8.55. The van der Waals surface area contributed by atoms with Gasteiger partial charge in [-0.3, -0.25) is 4.98 Å². The molecule has 4 aromatic rings. The van der Waals surface area contributed by atoms with Crippen LogP contribution >= 0.6 is 12.4 Å². The predicted molar refractivity (Wildman–Crippen MR) is 116 cm³/mol. The summed E-state index contributed by atoms with van der Waals surface area (Å²) in [5, 5.41) is 5.31. The zero-order chi connectivity index (χ0) is 18.8. The molecule has 0 amide bonds. The molecule has 5 heteroatoms. The van der Waals surface area contributed by atoms with E-state index in [-0.39, 0.29) is 18.4 Å². The van der Waals surface area contributed by atoms with E-state index in [1.807, 2.05) is 36.4 Å². The summed E-state index contributed by atoms with van der Waals surface area (Å²) >= 11 is 0. The number of para-hydroxylation sites is 1. The topological polar surface area (TPSA) is 64.9 Å². The van der Waals surface area contributed by atoms with Crippen LogP contribution in [-0.4, -0.2) is 10.1 Å². The second-order valence-electron chi connectivity index (χ2n) is 6.84. The number of hydrogen-bond acceptors (Lipinski definition) is 4. The Bertz CT molecular complexity index is 1090. The minimum Gasteiger partial charge on any atom is -0.356 e. The van der Waals surface area contributed by atoms with Crippen LogP contribution in [-0.2, 0) is 12.8 Å². The Balaban J connectivity index is 0.00000225. The lowest BCUT2D eigenvalue weighted by molar-refractivity contribution is 0.459. The third-order valence-electron chi connectivity index (χ3n) is 5.03. The van der Waals surface area contributed by atoms with Crippen molar-refractivity contribution in [2.24, 2.45) is 5.73 Å². The van der Waals surface area contributed by atoms with Crippen molar-refractivity contribution in [1.82, 2.24) is 10.1 Å². The van der Waals surface area contributed by atoms with Crippen LogP contribution < -0.4 is 5.73 Å². The average molecular weight is 394 g/mol. The van der Waals surface area contributed by atoms with E-state index < -0.39 is 0 Å². The number of benzene rings is 2. The van der Waals surface area contributed by atoms with Gasteiger partial charge < -0.3 is 10.3 Å². The number of rotatable bonds is 5. The molecule has 0 aliphatic rings. The highest BCUT2D eigenvalue weighted by Crippen LogP contribution is 2.33. The summed E-state index contributed by atoms with van der Waals surface area (Å²) in [4.78, 5) is 4.78. The molecule has 28 heavy (non-hydrogen) atoms. The minimum atomic E-state index is -0.171. The first-order chi connectivity index (χ1) is 13.2. The van der Waals surface area contributed by atoms with Crippen molar-refractivity contribution in [2.45, 2.75) is 32.7 Å². The first-order valence-electron chi connectivity index (χ1n) is 9.32. The van der Waals surface area contributed by atoms with E-state index in [0.29, 0.717) is 6.42 Å². The molecular weight excluding hydrogens is 370 g/mol. The van der Waals surface area contributed by atoms with Gasteiger partial charge in [0.25, 0.3) is 0 Å². The Morgan fingerprint density at radius 1 is 1.00 bits per heavy atom. The summed E-state index contributed by atoms with van der Waals surface area (Å²) in [5.74, 6) is 0. The van der Waals surface area contributed by atoms with E-state index in [1.165, 1.54) is 5.56 Å². The molecule has 4 rings (SSSR count). The van der Waals surface area contributed by atoms with Crippen molar-refractivity contribution in [3.05, 3.63) is 83.2 Å². The van der Waals surface area contributed by atoms with Crippen LogP contribution in [0.5, 0.6) is 0 Å². The molecular formula is C23H24ClN3O. The van der Waals surface area contributed by atoms with Crippen LogP contribution in [0.4, 0.5) is 0 Å². The van der Waals surface area contributed by atoms with Gasteiger partial charge in [0.2, 0.25) is 0 Å². The number of pyridine rings is 1. The molecule has 2 N–H and O–H groups in total. The second-order valence-corrected chi connectivity index (χ2v) is 6.84. The lowest BCUT2D eigenvalue weighted by Crippen LogP contribution is -2.16. The SMILES string of the molecule is CCc1ccc(C)c(C[C@H](N)c2ccccc2-c2noc3ccccc23)n1.Cl. The highest BCUT2D eigenvalue weighted by atomic mass is 35.5. The fourth-order valence-electron chi connectivity index (χ4n) is 3.45. The first-order valence-corrected chi connectivity index (χ1v) is 9.32. The summed E-state index contributed by atoms with van der Waals surface area (Å²) in [6, 6.07) is 20.1. The van der Waals surface area contributed by atoms with Crippen molar-refractivity contribution < 1.29 is 4.52 Å². The fourth-order valence-corrected chi connectivity index (χ4v) is 3.45. The molecule has 0 saturated heterocycles. The van der Waals surface area contributed by atoms with Gasteiger partial charge in [-0.05, 0) is 42.7 Å². The number of fused-ring (bicyclic) bond motifs is 1. The molecule has 2 aromatic heterocycles. The van der Waals surface area contributed by atoms with Gasteiger partial charge in [-0.2, -0.15) is 0 Å². The maximum atomic E-state index is 6.64. The van der Waals surface area contributed by atoms with Gasteiger partial charge in [0.15, 0.2) is 5.58 Å². The van der Waals surface area contributed by atoms with Crippen molar-refractivity contribution in [3.63, 3.8) is 0 Å². The predicted octanol–water partition coefficient (Wildman–Crippen LogP) is 5.42. The Morgan fingerprint density at radius 2 is 1.75 bits per heavy atom. The van der Waals surface area contributed by atoms with Gasteiger partial charge in [-0.1, -0.05) is 54.5 Å². The normalized spacial score (nSPS) is 12.0. The number of aromatic nitrogens is 2. The lowest BCUT2D eigenvalue weighted by Gasteiger charge is -2.17. The van der Waals surface area contributed by atoms with Crippen LogP contribution in [0.3, 0.4) is 0 Å². The molecule has 0 saturated carbocycles.